The molecule has 0 spiro atoms. The molecular formula is C57H62N8O5. The first-order valence-corrected chi connectivity index (χ1v) is 23.7. The quantitative estimate of drug-likeness (QED) is 0.0435. The number of fused-ring (bicyclic) bond motifs is 1. The summed E-state index contributed by atoms with van der Waals surface area (Å²) in [6.07, 6.45) is 4.38. The minimum atomic E-state index is -1.20. The number of carboxylic acid groups (broad SMARTS) is 1. The van der Waals surface area contributed by atoms with Crippen molar-refractivity contribution in [1.82, 2.24) is 9.80 Å². The summed E-state index contributed by atoms with van der Waals surface area (Å²) in [6.45, 7) is 8.73. The predicted octanol–water partition coefficient (Wildman–Crippen LogP) is 9.71. The lowest BCUT2D eigenvalue weighted by Crippen LogP contribution is -2.28. The Labute approximate surface area is 410 Å². The van der Waals surface area contributed by atoms with Crippen molar-refractivity contribution in [2.24, 2.45) is 21.7 Å². The number of hydrogen-bond donors (Lipinski definition) is 5. The standard InChI is InChI=1S/C25H22N4O5.2C16H20N2/c1-14-22(24(31)29(28-14)17-10-9-15-5-2-3-6-16(15)13-17)27-26-19-8-4-7-18(23(19)30)20-11-12-21(34-20)25(32)33;2*17-11-12-18(13-15-7-3-1-4-8-15)14-16-9-5-2-6-10-16/h4,7-13,26,30H,2-3,5-6H2,1H3,(H,32,33);2*1-10H,11-14,17H2/b27-22-;;. The average molecular weight is 939 g/mol. The van der Waals surface area contributed by atoms with E-state index >= 15 is 0 Å². The highest BCUT2D eigenvalue weighted by Gasteiger charge is 2.31. The van der Waals surface area contributed by atoms with Gasteiger partial charge in [-0.15, -0.1) is 0 Å². The Balaban J connectivity index is 0.000000170. The van der Waals surface area contributed by atoms with E-state index in [2.05, 4.69) is 129 Å². The molecule has 7 N–H and O–H groups in total. The largest absolute Gasteiger partial charge is 0.505 e. The Bertz CT molecular complexity index is 2650. The molecule has 2 aliphatic rings. The molecule has 0 saturated heterocycles. The summed E-state index contributed by atoms with van der Waals surface area (Å²) in [5.74, 6) is -1.80. The first-order chi connectivity index (χ1) is 34.2. The maximum absolute atomic E-state index is 13.1. The molecular weight excluding hydrogens is 877 g/mol. The Morgan fingerprint density at radius 1 is 0.671 bits per heavy atom. The van der Waals surface area contributed by atoms with E-state index in [-0.39, 0.29) is 40.1 Å². The molecule has 0 fully saturated rings. The molecule has 1 aliphatic heterocycles. The second-order valence-corrected chi connectivity index (χ2v) is 17.1. The number of carbonyl (C=O) groups is 2. The van der Waals surface area contributed by atoms with Crippen molar-refractivity contribution < 1.29 is 24.2 Å². The lowest BCUT2D eigenvalue weighted by atomic mass is 9.91. The SMILES string of the molecule is CC1=NN(c2ccc3c(c2)CCCC3)C(=O)/C1=N\Nc1cccc(-c2ccc(C(=O)O)o2)c1O.NCCN(Cc1ccccc1)Cc1ccccc1.NCCN(Cc1ccccc1)Cc1ccccc1. The van der Waals surface area contributed by atoms with Crippen LogP contribution >= 0.6 is 0 Å². The van der Waals surface area contributed by atoms with Crippen LogP contribution in [0.15, 0.2) is 184 Å². The van der Waals surface area contributed by atoms with E-state index in [9.17, 15) is 14.7 Å². The topological polar surface area (TPSA) is 186 Å². The molecule has 7 aromatic rings. The zero-order valence-corrected chi connectivity index (χ0v) is 39.7. The number of amides is 1. The number of benzene rings is 6. The van der Waals surface area contributed by atoms with E-state index in [0.29, 0.717) is 24.5 Å². The fourth-order valence-corrected chi connectivity index (χ4v) is 8.36. The number of nitrogens with two attached hydrogens (primary N) is 2. The van der Waals surface area contributed by atoms with Gasteiger partial charge in [0.15, 0.2) is 11.5 Å². The number of nitrogens with zero attached hydrogens (tertiary/aromatic N) is 5. The number of hydrogen-bond acceptors (Lipinski definition) is 11. The number of aromatic carboxylic acids is 1. The number of rotatable bonds is 17. The molecule has 0 unspecified atom stereocenters. The van der Waals surface area contributed by atoms with Gasteiger partial charge >= 0.3 is 11.9 Å². The molecule has 1 aliphatic carbocycles. The van der Waals surface area contributed by atoms with Crippen LogP contribution in [0.2, 0.25) is 0 Å². The van der Waals surface area contributed by atoms with Crippen molar-refractivity contribution in [2.45, 2.75) is 58.8 Å². The van der Waals surface area contributed by atoms with Gasteiger partial charge in [-0.05, 0) is 102 Å². The first kappa shape index (κ1) is 50.2. The fraction of sp³-hybridized carbons (Fsp3) is 0.228. The van der Waals surface area contributed by atoms with Gasteiger partial charge in [-0.3, -0.25) is 20.0 Å². The molecule has 1 amide bonds. The predicted molar refractivity (Wildman–Crippen MR) is 280 cm³/mol. The minimum Gasteiger partial charge on any atom is -0.505 e. The molecule has 9 rings (SSSR count). The van der Waals surface area contributed by atoms with Gasteiger partial charge in [-0.2, -0.15) is 15.2 Å². The lowest BCUT2D eigenvalue weighted by molar-refractivity contribution is -0.112. The normalized spacial score (nSPS) is 13.6. The monoisotopic (exact) mass is 938 g/mol. The van der Waals surface area contributed by atoms with Crippen molar-refractivity contribution >= 4 is 34.7 Å². The molecule has 2 heterocycles. The number of aromatic hydroxyl groups is 1. The number of carboxylic acids is 1. The summed E-state index contributed by atoms with van der Waals surface area (Å²) in [7, 11) is 0. The third kappa shape index (κ3) is 14.2. The lowest BCUT2D eigenvalue weighted by Gasteiger charge is -2.21. The minimum absolute atomic E-state index is 0.133. The smallest absolute Gasteiger partial charge is 0.371 e. The van der Waals surface area contributed by atoms with Crippen molar-refractivity contribution in [3.63, 3.8) is 0 Å². The fourth-order valence-electron chi connectivity index (χ4n) is 8.36. The van der Waals surface area contributed by atoms with Crippen LogP contribution in [-0.2, 0) is 43.8 Å². The number of aryl methyl sites for hydroxylation is 2. The summed E-state index contributed by atoms with van der Waals surface area (Å²) in [4.78, 5) is 28.9. The molecule has 0 atom stereocenters. The van der Waals surface area contributed by atoms with Crippen LogP contribution in [0.5, 0.6) is 5.75 Å². The summed E-state index contributed by atoms with van der Waals surface area (Å²) in [6, 6.07) is 55.7. The molecule has 0 bridgehead atoms. The third-order valence-corrected chi connectivity index (χ3v) is 11.9. The Morgan fingerprint density at radius 2 is 1.17 bits per heavy atom. The Kier molecular flexibility index (Phi) is 18.4. The molecule has 0 saturated carbocycles. The van der Waals surface area contributed by atoms with Crippen LogP contribution in [0.1, 0.15) is 63.7 Å². The molecule has 13 heteroatoms. The van der Waals surface area contributed by atoms with Crippen LogP contribution in [0, 0.1) is 0 Å². The summed E-state index contributed by atoms with van der Waals surface area (Å²) >= 11 is 0. The van der Waals surface area contributed by atoms with Crippen molar-refractivity contribution in [3.05, 3.63) is 209 Å². The van der Waals surface area contributed by atoms with Crippen LogP contribution in [-0.4, -0.2) is 69.5 Å². The summed E-state index contributed by atoms with van der Waals surface area (Å²) in [5, 5.41) is 29.7. The van der Waals surface area contributed by atoms with Gasteiger partial charge in [0.2, 0.25) is 5.76 Å². The highest BCUT2D eigenvalue weighted by Crippen LogP contribution is 2.36. The van der Waals surface area contributed by atoms with Gasteiger partial charge in [0, 0.05) is 52.4 Å². The van der Waals surface area contributed by atoms with Crippen LogP contribution in [0.3, 0.4) is 0 Å². The van der Waals surface area contributed by atoms with E-state index in [0.717, 1.165) is 58.5 Å². The van der Waals surface area contributed by atoms with E-state index in [1.807, 2.05) is 36.4 Å². The van der Waals surface area contributed by atoms with Gasteiger partial charge in [0.05, 0.1) is 22.6 Å². The number of furan rings is 1. The van der Waals surface area contributed by atoms with E-state index in [1.165, 1.54) is 56.9 Å². The number of hydrazone groups is 2. The molecule has 13 nitrogen and oxygen atoms in total. The summed E-state index contributed by atoms with van der Waals surface area (Å²) < 4.78 is 5.28. The molecule has 0 radical (unpaired) electrons. The number of phenols is 1. The van der Waals surface area contributed by atoms with Crippen LogP contribution in [0.25, 0.3) is 11.3 Å². The van der Waals surface area contributed by atoms with Gasteiger partial charge < -0.3 is 26.1 Å². The third-order valence-electron chi connectivity index (χ3n) is 11.9. The average Bonchev–Trinajstić information content (AvgIpc) is 3.99. The number of nitrogens with one attached hydrogen (secondary N) is 1. The van der Waals surface area contributed by atoms with Crippen LogP contribution < -0.4 is 21.9 Å². The van der Waals surface area contributed by atoms with Gasteiger partial charge in [0.25, 0.3) is 0 Å². The van der Waals surface area contributed by atoms with Crippen molar-refractivity contribution in [1.29, 1.82) is 0 Å². The number of anilines is 2. The molecule has 70 heavy (non-hydrogen) atoms. The van der Waals surface area contributed by atoms with Gasteiger partial charge in [0.1, 0.15) is 5.76 Å². The maximum atomic E-state index is 13.1. The number of phenolic OH excluding ortho intramolecular Hbond substituents is 1. The van der Waals surface area contributed by atoms with Gasteiger partial charge in [-0.25, -0.2) is 4.79 Å². The zero-order valence-electron chi connectivity index (χ0n) is 39.7. The highest BCUT2D eigenvalue weighted by molar-refractivity contribution is 6.71. The zero-order chi connectivity index (χ0) is 49.1. The number of carbonyl (C=O) groups excluding carboxylic acids is 1. The van der Waals surface area contributed by atoms with E-state index < -0.39 is 5.97 Å². The Hall–Kier alpha value is -7.68. The maximum Gasteiger partial charge on any atom is 0.371 e. The van der Waals surface area contributed by atoms with Gasteiger partial charge in [-0.1, -0.05) is 133 Å². The second-order valence-electron chi connectivity index (χ2n) is 17.1. The molecule has 6 aromatic carbocycles. The summed E-state index contributed by atoms with van der Waals surface area (Å²) in [5.41, 5.74) is 23.8. The van der Waals surface area contributed by atoms with Crippen molar-refractivity contribution in [3.8, 4) is 17.1 Å². The molecule has 1 aromatic heterocycles. The van der Waals surface area contributed by atoms with E-state index in [1.54, 1.807) is 25.1 Å². The van der Waals surface area contributed by atoms with E-state index in [4.69, 9.17) is 21.0 Å². The molecule has 360 valence electrons. The Morgan fingerprint density at radius 3 is 1.64 bits per heavy atom. The second kappa shape index (κ2) is 25.6. The number of para-hydroxylation sites is 1. The van der Waals surface area contributed by atoms with Crippen molar-refractivity contribution in [2.75, 3.05) is 36.6 Å². The first-order valence-electron chi connectivity index (χ1n) is 23.7. The highest BCUT2D eigenvalue weighted by atomic mass is 16.4. The van der Waals surface area contributed by atoms with Crippen LogP contribution in [0.4, 0.5) is 11.4 Å².